The van der Waals surface area contributed by atoms with Gasteiger partial charge in [0.25, 0.3) is 5.91 Å². The van der Waals surface area contributed by atoms with Crippen LogP contribution >= 0.6 is 15.9 Å². The second-order valence-corrected chi connectivity index (χ2v) is 8.97. The second kappa shape index (κ2) is 9.46. The van der Waals surface area contributed by atoms with Gasteiger partial charge < -0.3 is 19.0 Å². The number of hydrogen-bond donors (Lipinski definition) is 1. The van der Waals surface area contributed by atoms with E-state index in [-0.39, 0.29) is 17.1 Å². The van der Waals surface area contributed by atoms with Crippen molar-refractivity contribution in [3.63, 3.8) is 0 Å². The van der Waals surface area contributed by atoms with Crippen LogP contribution < -0.4 is 15.1 Å². The summed E-state index contributed by atoms with van der Waals surface area (Å²) in [6, 6.07) is 12.3. The van der Waals surface area contributed by atoms with Crippen molar-refractivity contribution in [2.24, 2.45) is 0 Å². The molecule has 1 N–H and O–H groups in total. The lowest BCUT2D eigenvalue weighted by Gasteiger charge is -2.26. The molecule has 7 heteroatoms. The van der Waals surface area contributed by atoms with Crippen molar-refractivity contribution in [1.82, 2.24) is 4.90 Å². The first kappa shape index (κ1) is 22.6. The van der Waals surface area contributed by atoms with Crippen LogP contribution in [0.15, 0.2) is 56.1 Å². The van der Waals surface area contributed by atoms with Gasteiger partial charge in [-0.1, -0.05) is 28.1 Å². The third-order valence-corrected chi connectivity index (χ3v) is 6.76. The number of rotatable bonds is 8. The molecule has 0 saturated heterocycles. The molecule has 0 spiro atoms. The van der Waals surface area contributed by atoms with Crippen molar-refractivity contribution in [2.45, 2.75) is 26.3 Å². The highest BCUT2D eigenvalue weighted by Crippen LogP contribution is 2.39. The molecule has 0 radical (unpaired) electrons. The summed E-state index contributed by atoms with van der Waals surface area (Å²) in [5.74, 6) is 0.598. The quantitative estimate of drug-likeness (QED) is 0.515. The minimum Gasteiger partial charge on any atom is -0.497 e. The molecule has 0 aliphatic carbocycles. The van der Waals surface area contributed by atoms with E-state index in [1.165, 1.54) is 4.90 Å². The molecular formula is C25H28BrN2O4+. The number of benzene rings is 2. The number of hydrogen-bond acceptors (Lipinski definition) is 4. The minimum absolute atomic E-state index is 0.146. The van der Waals surface area contributed by atoms with Crippen LogP contribution in [-0.2, 0) is 0 Å². The predicted molar refractivity (Wildman–Crippen MR) is 128 cm³/mol. The highest BCUT2D eigenvalue weighted by Gasteiger charge is 2.42. The molecule has 2 heterocycles. The van der Waals surface area contributed by atoms with Crippen molar-refractivity contribution >= 4 is 32.8 Å². The Kier molecular flexibility index (Phi) is 6.67. The van der Waals surface area contributed by atoms with Gasteiger partial charge in [0.15, 0.2) is 5.43 Å². The summed E-state index contributed by atoms with van der Waals surface area (Å²) >= 11 is 3.43. The van der Waals surface area contributed by atoms with E-state index in [4.69, 9.17) is 9.15 Å². The average molecular weight is 500 g/mol. The molecule has 4 rings (SSSR count). The molecule has 1 aliphatic heterocycles. The maximum Gasteiger partial charge on any atom is 0.290 e. The van der Waals surface area contributed by atoms with Crippen LogP contribution in [-0.4, -0.2) is 44.1 Å². The standard InChI is InChI=1S/C25H27BrN2O4/c1-4-27(5-2)12-7-13-28-22(16-8-6-9-18(14-16)31-3)21-23(29)19-15-17(26)10-11-20(19)32-24(21)25(28)30/h6,8-11,14-15,22H,4-5,7,12-13H2,1-3H3/p+1. The lowest BCUT2D eigenvalue weighted by molar-refractivity contribution is -0.896. The van der Waals surface area contributed by atoms with E-state index in [0.29, 0.717) is 28.8 Å². The number of nitrogens with one attached hydrogen (secondary N) is 1. The Labute approximate surface area is 195 Å². The average Bonchev–Trinajstić information content (AvgIpc) is 3.09. The molecule has 2 aromatic carbocycles. The van der Waals surface area contributed by atoms with Gasteiger partial charge in [-0.3, -0.25) is 9.59 Å². The molecule has 168 valence electrons. The number of ether oxygens (including phenoxy) is 1. The molecule has 1 aromatic heterocycles. The molecule has 3 aromatic rings. The molecule has 32 heavy (non-hydrogen) atoms. The van der Waals surface area contributed by atoms with Crippen LogP contribution in [0.3, 0.4) is 0 Å². The Morgan fingerprint density at radius 1 is 1.12 bits per heavy atom. The Hall–Kier alpha value is -2.64. The third-order valence-electron chi connectivity index (χ3n) is 6.27. The number of nitrogens with zero attached hydrogens (tertiary/aromatic N) is 1. The number of quaternary nitrogens is 1. The first-order chi connectivity index (χ1) is 15.5. The SMILES string of the molecule is CC[NH+](CC)CCCN1C(=O)c2oc3ccc(Br)cc3c(=O)c2C1c1cccc(OC)c1. The summed E-state index contributed by atoms with van der Waals surface area (Å²) in [5.41, 5.74) is 1.50. The lowest BCUT2D eigenvalue weighted by Crippen LogP contribution is -3.11. The summed E-state index contributed by atoms with van der Waals surface area (Å²) in [4.78, 5) is 30.3. The van der Waals surface area contributed by atoms with E-state index < -0.39 is 6.04 Å². The first-order valence-electron chi connectivity index (χ1n) is 11.0. The summed E-state index contributed by atoms with van der Waals surface area (Å²) < 4.78 is 12.2. The van der Waals surface area contributed by atoms with Crippen molar-refractivity contribution in [3.8, 4) is 5.75 Å². The van der Waals surface area contributed by atoms with Crippen LogP contribution in [0, 0.1) is 0 Å². The molecule has 6 nitrogen and oxygen atoms in total. The van der Waals surface area contributed by atoms with E-state index in [9.17, 15) is 9.59 Å². The van der Waals surface area contributed by atoms with Gasteiger partial charge in [0.05, 0.1) is 43.7 Å². The van der Waals surface area contributed by atoms with Crippen LogP contribution in [0.5, 0.6) is 5.75 Å². The van der Waals surface area contributed by atoms with Gasteiger partial charge in [-0.05, 0) is 49.7 Å². The van der Waals surface area contributed by atoms with E-state index >= 15 is 0 Å². The van der Waals surface area contributed by atoms with Crippen LogP contribution in [0.2, 0.25) is 0 Å². The summed E-state index contributed by atoms with van der Waals surface area (Å²) in [6.45, 7) is 7.94. The van der Waals surface area contributed by atoms with E-state index in [1.54, 1.807) is 30.2 Å². The molecule has 1 amide bonds. The van der Waals surface area contributed by atoms with Gasteiger partial charge in [0.2, 0.25) is 5.76 Å². The van der Waals surface area contributed by atoms with Gasteiger partial charge in [-0.2, -0.15) is 0 Å². The van der Waals surface area contributed by atoms with Gasteiger partial charge in [-0.15, -0.1) is 0 Å². The maximum atomic E-state index is 13.6. The lowest BCUT2D eigenvalue weighted by atomic mass is 9.98. The molecular weight excluding hydrogens is 472 g/mol. The summed E-state index contributed by atoms with van der Waals surface area (Å²) in [7, 11) is 1.61. The number of carbonyl (C=O) groups excluding carboxylic acids is 1. The summed E-state index contributed by atoms with van der Waals surface area (Å²) in [6.07, 6.45) is 0.844. The van der Waals surface area contributed by atoms with Crippen molar-refractivity contribution in [1.29, 1.82) is 0 Å². The van der Waals surface area contributed by atoms with Gasteiger partial charge in [0.1, 0.15) is 11.3 Å². The van der Waals surface area contributed by atoms with E-state index in [2.05, 4.69) is 29.8 Å². The number of amides is 1. The van der Waals surface area contributed by atoms with Crippen LogP contribution in [0.4, 0.5) is 0 Å². The Balaban J connectivity index is 1.82. The maximum absolute atomic E-state index is 13.6. The van der Waals surface area contributed by atoms with Crippen LogP contribution in [0.1, 0.15) is 48.0 Å². The van der Waals surface area contributed by atoms with Crippen molar-refractivity contribution in [2.75, 3.05) is 33.3 Å². The largest absolute Gasteiger partial charge is 0.497 e. The number of methoxy groups -OCH3 is 1. The Morgan fingerprint density at radius 3 is 2.62 bits per heavy atom. The van der Waals surface area contributed by atoms with Gasteiger partial charge in [-0.25, -0.2) is 0 Å². The second-order valence-electron chi connectivity index (χ2n) is 8.05. The molecule has 1 aliphatic rings. The molecule has 0 saturated carbocycles. The normalized spacial score (nSPS) is 15.6. The van der Waals surface area contributed by atoms with E-state index in [0.717, 1.165) is 36.1 Å². The first-order valence-corrected chi connectivity index (χ1v) is 11.8. The van der Waals surface area contributed by atoms with Gasteiger partial charge >= 0.3 is 0 Å². The fraction of sp³-hybridized carbons (Fsp3) is 0.360. The highest BCUT2D eigenvalue weighted by molar-refractivity contribution is 9.10. The van der Waals surface area contributed by atoms with Gasteiger partial charge in [0, 0.05) is 17.4 Å². The van der Waals surface area contributed by atoms with Crippen molar-refractivity contribution in [3.05, 3.63) is 74.0 Å². The monoisotopic (exact) mass is 499 g/mol. The zero-order valence-corrected chi connectivity index (χ0v) is 20.2. The predicted octanol–water partition coefficient (Wildman–Crippen LogP) is 3.42. The topological polar surface area (TPSA) is 64.2 Å². The van der Waals surface area contributed by atoms with Crippen molar-refractivity contribution < 1.29 is 18.8 Å². The fourth-order valence-electron chi connectivity index (χ4n) is 4.48. The number of fused-ring (bicyclic) bond motifs is 2. The molecule has 0 fully saturated rings. The molecule has 1 unspecified atom stereocenters. The number of halogens is 1. The fourth-order valence-corrected chi connectivity index (χ4v) is 4.85. The zero-order chi connectivity index (χ0) is 22.8. The molecule has 0 bridgehead atoms. The minimum atomic E-state index is -0.501. The Morgan fingerprint density at radius 2 is 1.91 bits per heavy atom. The molecule has 1 atom stereocenters. The summed E-state index contributed by atoms with van der Waals surface area (Å²) in [5, 5.41) is 0.466. The number of carbonyl (C=O) groups is 1. The smallest absolute Gasteiger partial charge is 0.290 e. The zero-order valence-electron chi connectivity index (χ0n) is 18.6. The third kappa shape index (κ3) is 4.07. The highest BCUT2D eigenvalue weighted by atomic mass is 79.9. The van der Waals surface area contributed by atoms with Crippen LogP contribution in [0.25, 0.3) is 11.0 Å². The van der Waals surface area contributed by atoms with E-state index in [1.807, 2.05) is 24.3 Å². The Bertz CT molecular complexity index is 1200.